The first-order chi connectivity index (χ1) is 6.53. The maximum atomic E-state index is 12.1. The van der Waals surface area contributed by atoms with Crippen molar-refractivity contribution in [3.63, 3.8) is 0 Å². The number of allylic oxidation sites excluding steroid dienone is 1. The summed E-state index contributed by atoms with van der Waals surface area (Å²) < 4.78 is 36.3. The number of carbonyl (C=O) groups is 1. The van der Waals surface area contributed by atoms with E-state index in [1.807, 2.05) is 0 Å². The first-order valence-corrected chi connectivity index (χ1v) is 4.58. The Kier molecular flexibility index (Phi) is 2.59. The minimum Gasteiger partial charge on any atom is -0.549 e. The molecule has 0 heterocycles. The predicted molar refractivity (Wildman–Crippen MR) is 45.8 cm³/mol. The minimum absolute atomic E-state index is 0.106. The molecule has 0 aromatic carbocycles. The van der Waals surface area contributed by atoms with Gasteiger partial charge in [-0.15, -0.1) is 0 Å². The van der Waals surface area contributed by atoms with Crippen LogP contribution in [0.15, 0.2) is 11.1 Å². The minimum atomic E-state index is -4.71. The van der Waals surface area contributed by atoms with Crippen LogP contribution < -0.4 is 5.11 Å². The molecule has 6 heteroatoms. The highest BCUT2D eigenvalue weighted by Crippen LogP contribution is 2.65. The molecule has 1 aliphatic rings. The van der Waals surface area contributed by atoms with Gasteiger partial charge in [-0.2, -0.15) is 13.2 Å². The third-order valence-electron chi connectivity index (χ3n) is 2.81. The fraction of sp³-hybridized carbons (Fsp3) is 0.667. The van der Waals surface area contributed by atoms with Gasteiger partial charge in [0.1, 0.15) is 5.03 Å². The van der Waals surface area contributed by atoms with Gasteiger partial charge in [-0.05, 0) is 17.9 Å². The van der Waals surface area contributed by atoms with Crippen LogP contribution in [-0.2, 0) is 4.79 Å². The predicted octanol–water partition coefficient (Wildman–Crippen LogP) is 1.84. The number of rotatable bonds is 2. The molecule has 0 aromatic heterocycles. The van der Waals surface area contributed by atoms with Gasteiger partial charge in [0.15, 0.2) is 0 Å². The summed E-state index contributed by atoms with van der Waals surface area (Å²) >= 11 is 5.00. The Morgan fingerprint density at radius 1 is 1.47 bits per heavy atom. The highest BCUT2D eigenvalue weighted by molar-refractivity contribution is 6.30. The Bertz CT molecular complexity index is 333. The van der Waals surface area contributed by atoms with E-state index in [1.54, 1.807) is 13.8 Å². The van der Waals surface area contributed by atoms with Crippen molar-refractivity contribution in [2.45, 2.75) is 26.4 Å². The molecular weight excluding hydrogens is 233 g/mol. The maximum Gasteiger partial charge on any atom is 0.426 e. The zero-order valence-corrected chi connectivity index (χ0v) is 8.87. The molecule has 0 radical (unpaired) electrons. The topological polar surface area (TPSA) is 40.1 Å². The van der Waals surface area contributed by atoms with Gasteiger partial charge < -0.3 is 9.90 Å². The third kappa shape index (κ3) is 1.97. The Morgan fingerprint density at radius 3 is 2.07 bits per heavy atom. The second-order valence-corrected chi connectivity index (χ2v) is 4.72. The zero-order valence-electron chi connectivity index (χ0n) is 8.11. The molecule has 0 aromatic rings. The third-order valence-corrected chi connectivity index (χ3v) is 3.14. The lowest BCUT2D eigenvalue weighted by molar-refractivity contribution is -0.312. The van der Waals surface area contributed by atoms with Crippen LogP contribution in [0.3, 0.4) is 0 Å². The molecule has 0 aliphatic heterocycles. The van der Waals surface area contributed by atoms with Crippen LogP contribution in [0.5, 0.6) is 0 Å². The first kappa shape index (κ1) is 12.4. The van der Waals surface area contributed by atoms with Crippen molar-refractivity contribution in [2.75, 3.05) is 0 Å². The molecular formula is C9H9ClF3O2-. The Labute approximate surface area is 89.7 Å². The normalized spacial score (nSPS) is 30.1. The van der Waals surface area contributed by atoms with E-state index in [0.29, 0.717) is 6.08 Å². The van der Waals surface area contributed by atoms with Gasteiger partial charge in [-0.25, -0.2) is 0 Å². The van der Waals surface area contributed by atoms with E-state index in [2.05, 4.69) is 0 Å². The molecule has 0 bridgehead atoms. The monoisotopic (exact) mass is 241 g/mol. The van der Waals surface area contributed by atoms with Gasteiger partial charge in [0.2, 0.25) is 0 Å². The van der Waals surface area contributed by atoms with Gasteiger partial charge in [0.05, 0.1) is 5.97 Å². The molecule has 1 atom stereocenters. The number of carboxylic acid groups (broad SMARTS) is 1. The Balaban J connectivity index is 3.04. The van der Waals surface area contributed by atoms with E-state index in [0.717, 1.165) is 0 Å². The van der Waals surface area contributed by atoms with Crippen LogP contribution in [-0.4, -0.2) is 12.1 Å². The molecule has 86 valence electrons. The second-order valence-electron chi connectivity index (χ2n) is 4.31. The van der Waals surface area contributed by atoms with E-state index < -0.39 is 28.0 Å². The van der Waals surface area contributed by atoms with Crippen molar-refractivity contribution >= 4 is 17.6 Å². The summed E-state index contributed by atoms with van der Waals surface area (Å²) in [6, 6.07) is 0. The van der Waals surface area contributed by atoms with Gasteiger partial charge in [-0.1, -0.05) is 25.4 Å². The molecule has 0 N–H and O–H groups in total. The standard InChI is InChI=1S/C9H10ClF3O2/c1-7(2)4-8(7,6(14)15)3-5(10)9(11,12)13/h3H,4H2,1-2H3,(H,14,15)/p-1/b5-3-. The summed E-state index contributed by atoms with van der Waals surface area (Å²) in [7, 11) is 0. The summed E-state index contributed by atoms with van der Waals surface area (Å²) in [5.41, 5.74) is -2.32. The van der Waals surface area contributed by atoms with Gasteiger partial charge in [-0.3, -0.25) is 0 Å². The fourth-order valence-electron chi connectivity index (χ4n) is 1.60. The average molecular weight is 242 g/mol. The molecule has 1 saturated carbocycles. The van der Waals surface area contributed by atoms with Crippen molar-refractivity contribution in [1.82, 2.24) is 0 Å². The number of halogens is 4. The summed E-state index contributed by atoms with van der Waals surface area (Å²) in [4.78, 5) is 10.8. The highest BCUT2D eigenvalue weighted by atomic mass is 35.5. The van der Waals surface area contributed by atoms with Crippen molar-refractivity contribution in [2.24, 2.45) is 10.8 Å². The van der Waals surface area contributed by atoms with Crippen molar-refractivity contribution in [3.8, 4) is 0 Å². The molecule has 1 aliphatic carbocycles. The Hall–Kier alpha value is -0.710. The number of carbonyl (C=O) groups excluding carboxylic acids is 1. The van der Waals surface area contributed by atoms with Crippen molar-refractivity contribution in [3.05, 3.63) is 11.1 Å². The van der Waals surface area contributed by atoms with Crippen LogP contribution in [0.25, 0.3) is 0 Å². The van der Waals surface area contributed by atoms with Crippen LogP contribution in [0.4, 0.5) is 13.2 Å². The highest BCUT2D eigenvalue weighted by Gasteiger charge is 2.61. The molecule has 1 unspecified atom stereocenters. The van der Waals surface area contributed by atoms with Crippen LogP contribution >= 0.6 is 11.6 Å². The number of hydrogen-bond acceptors (Lipinski definition) is 2. The second kappa shape index (κ2) is 3.14. The smallest absolute Gasteiger partial charge is 0.426 e. The van der Waals surface area contributed by atoms with Crippen LogP contribution in [0, 0.1) is 10.8 Å². The largest absolute Gasteiger partial charge is 0.549 e. The number of hydrogen-bond donors (Lipinski definition) is 0. The molecule has 2 nitrogen and oxygen atoms in total. The number of alkyl halides is 3. The first-order valence-electron chi connectivity index (χ1n) is 4.20. The summed E-state index contributed by atoms with van der Waals surface area (Å²) in [6.45, 7) is 3.11. The number of carboxylic acids is 1. The lowest BCUT2D eigenvalue weighted by Gasteiger charge is -2.18. The van der Waals surface area contributed by atoms with E-state index in [4.69, 9.17) is 11.6 Å². The zero-order chi connectivity index (χ0) is 12.1. The molecule has 0 spiro atoms. The molecule has 0 saturated heterocycles. The van der Waals surface area contributed by atoms with Gasteiger partial charge in [0, 0.05) is 5.41 Å². The van der Waals surface area contributed by atoms with E-state index in [1.165, 1.54) is 0 Å². The summed E-state index contributed by atoms with van der Waals surface area (Å²) in [5.74, 6) is -1.52. The van der Waals surface area contributed by atoms with E-state index in [-0.39, 0.29) is 6.42 Å². The number of aliphatic carboxylic acids is 1. The van der Waals surface area contributed by atoms with Crippen molar-refractivity contribution < 1.29 is 23.1 Å². The summed E-state index contributed by atoms with van der Waals surface area (Å²) in [5, 5.41) is 9.37. The quantitative estimate of drug-likeness (QED) is 0.740. The van der Waals surface area contributed by atoms with Crippen LogP contribution in [0.2, 0.25) is 0 Å². The molecule has 1 rings (SSSR count). The van der Waals surface area contributed by atoms with Crippen LogP contribution in [0.1, 0.15) is 20.3 Å². The Morgan fingerprint density at radius 2 is 1.87 bits per heavy atom. The molecule has 1 fully saturated rings. The van der Waals surface area contributed by atoms with E-state index in [9.17, 15) is 23.1 Å². The fourth-order valence-corrected chi connectivity index (χ4v) is 1.79. The lowest BCUT2D eigenvalue weighted by atomic mass is 9.95. The maximum absolute atomic E-state index is 12.1. The average Bonchev–Trinajstić information content (AvgIpc) is 2.52. The molecule has 15 heavy (non-hydrogen) atoms. The van der Waals surface area contributed by atoms with Crippen molar-refractivity contribution in [1.29, 1.82) is 0 Å². The van der Waals surface area contributed by atoms with Gasteiger partial charge in [0.25, 0.3) is 0 Å². The van der Waals surface area contributed by atoms with Gasteiger partial charge >= 0.3 is 6.18 Å². The lowest BCUT2D eigenvalue weighted by Crippen LogP contribution is -2.35. The molecule has 0 amide bonds. The summed E-state index contributed by atoms with van der Waals surface area (Å²) in [6.07, 6.45) is -4.05. The SMILES string of the molecule is CC1(C)CC1(/C=C(\Cl)C(F)(F)F)C(=O)[O-]. The van der Waals surface area contributed by atoms with E-state index >= 15 is 0 Å².